The second-order valence-electron chi connectivity index (χ2n) is 4.58. The van der Waals surface area contributed by atoms with Crippen molar-refractivity contribution in [1.82, 2.24) is 14.7 Å². The number of hydrogen-bond donors (Lipinski definition) is 0. The Morgan fingerprint density at radius 2 is 2.33 bits per heavy atom. The summed E-state index contributed by atoms with van der Waals surface area (Å²) >= 11 is 0. The van der Waals surface area contributed by atoms with Gasteiger partial charge in [-0.2, -0.15) is 5.10 Å². The van der Waals surface area contributed by atoms with Gasteiger partial charge in [0.05, 0.1) is 11.5 Å². The minimum atomic E-state index is -2.94. The summed E-state index contributed by atoms with van der Waals surface area (Å²) in [5.74, 6) is 0.249. The Balaban J connectivity index is 1.85. The van der Waals surface area contributed by atoms with Gasteiger partial charge in [0.15, 0.2) is 9.84 Å². The van der Waals surface area contributed by atoms with E-state index in [0.717, 1.165) is 0 Å². The van der Waals surface area contributed by atoms with Crippen LogP contribution in [0.4, 0.5) is 0 Å². The Morgan fingerprint density at radius 3 is 2.89 bits per heavy atom. The molecule has 1 amide bonds. The van der Waals surface area contributed by atoms with E-state index in [9.17, 15) is 13.2 Å². The molecule has 2 heterocycles. The highest BCUT2D eigenvalue weighted by molar-refractivity contribution is 7.91. The smallest absolute Gasteiger partial charge is 0.224 e. The van der Waals surface area contributed by atoms with E-state index in [4.69, 9.17) is 0 Å². The third-order valence-electron chi connectivity index (χ3n) is 3.26. The van der Waals surface area contributed by atoms with Gasteiger partial charge >= 0.3 is 0 Å². The van der Waals surface area contributed by atoms with Gasteiger partial charge < -0.3 is 4.90 Å². The van der Waals surface area contributed by atoms with Crippen LogP contribution in [0.3, 0.4) is 0 Å². The van der Waals surface area contributed by atoms with E-state index >= 15 is 0 Å². The van der Waals surface area contributed by atoms with Crippen molar-refractivity contribution in [2.24, 2.45) is 0 Å². The first-order chi connectivity index (χ1) is 8.48. The Hall–Kier alpha value is -1.37. The third-order valence-corrected chi connectivity index (χ3v) is 5.01. The van der Waals surface area contributed by atoms with E-state index in [1.54, 1.807) is 35.1 Å². The van der Waals surface area contributed by atoms with Crippen LogP contribution in [0.1, 0.15) is 12.8 Å². The molecule has 0 N–H and O–H groups in total. The van der Waals surface area contributed by atoms with Gasteiger partial charge in [0.25, 0.3) is 0 Å². The maximum atomic E-state index is 11.9. The lowest BCUT2D eigenvalue weighted by molar-refractivity contribution is -0.131. The zero-order chi connectivity index (χ0) is 13.2. The highest BCUT2D eigenvalue weighted by Gasteiger charge is 2.32. The van der Waals surface area contributed by atoms with Gasteiger partial charge in [-0.05, 0) is 12.5 Å². The number of carbonyl (C=O) groups excluding carboxylic acids is 1. The molecule has 0 radical (unpaired) electrons. The van der Waals surface area contributed by atoms with Crippen LogP contribution < -0.4 is 0 Å². The molecule has 0 saturated carbocycles. The summed E-state index contributed by atoms with van der Waals surface area (Å²) in [5, 5.41) is 4.02. The Kier molecular flexibility index (Phi) is 3.70. The fourth-order valence-electron chi connectivity index (χ4n) is 2.10. The van der Waals surface area contributed by atoms with Crippen LogP contribution in [0.25, 0.3) is 0 Å². The Labute approximate surface area is 106 Å². The third kappa shape index (κ3) is 3.10. The van der Waals surface area contributed by atoms with Gasteiger partial charge in [0.2, 0.25) is 5.91 Å². The van der Waals surface area contributed by atoms with E-state index in [0.29, 0.717) is 19.4 Å². The van der Waals surface area contributed by atoms with Gasteiger partial charge in [-0.3, -0.25) is 9.48 Å². The summed E-state index contributed by atoms with van der Waals surface area (Å²) in [6.07, 6.45) is 4.35. The number of hydrogen-bond acceptors (Lipinski definition) is 4. The second-order valence-corrected chi connectivity index (χ2v) is 6.81. The van der Waals surface area contributed by atoms with E-state index < -0.39 is 9.84 Å². The van der Waals surface area contributed by atoms with E-state index in [2.05, 4.69) is 5.10 Å². The zero-order valence-electron chi connectivity index (χ0n) is 10.3. The molecule has 18 heavy (non-hydrogen) atoms. The maximum absolute atomic E-state index is 11.9. The molecule has 0 spiro atoms. The second kappa shape index (κ2) is 5.09. The average Bonchev–Trinajstić information content (AvgIpc) is 2.94. The number of aromatic nitrogens is 2. The highest BCUT2D eigenvalue weighted by atomic mass is 32.2. The number of aryl methyl sites for hydroxylation is 1. The molecule has 7 heteroatoms. The SMILES string of the molecule is CN(C(=O)CCn1cccn1)[C@H]1CCS(=O)(=O)C1. The zero-order valence-corrected chi connectivity index (χ0v) is 11.1. The lowest BCUT2D eigenvalue weighted by Crippen LogP contribution is -2.38. The van der Waals surface area contributed by atoms with E-state index in [1.165, 1.54) is 0 Å². The quantitative estimate of drug-likeness (QED) is 0.768. The summed E-state index contributed by atoms with van der Waals surface area (Å²) in [6.45, 7) is 0.523. The van der Waals surface area contributed by atoms with E-state index in [1.807, 2.05) is 0 Å². The fraction of sp³-hybridized carbons (Fsp3) is 0.636. The van der Waals surface area contributed by atoms with Crippen molar-refractivity contribution in [3.63, 3.8) is 0 Å². The molecule has 1 aromatic rings. The van der Waals surface area contributed by atoms with Crippen LogP contribution in [0.15, 0.2) is 18.5 Å². The molecule has 1 saturated heterocycles. The average molecular weight is 271 g/mol. The number of rotatable bonds is 4. The molecule has 0 aliphatic carbocycles. The van der Waals surface area contributed by atoms with Gasteiger partial charge in [0.1, 0.15) is 0 Å². The molecular formula is C11H17N3O3S. The molecule has 1 aromatic heterocycles. The molecule has 1 aliphatic rings. The van der Waals surface area contributed by atoms with Gasteiger partial charge in [-0.1, -0.05) is 0 Å². The molecular weight excluding hydrogens is 254 g/mol. The van der Waals surface area contributed by atoms with Crippen molar-refractivity contribution in [3.05, 3.63) is 18.5 Å². The van der Waals surface area contributed by atoms with Gasteiger partial charge in [-0.25, -0.2) is 8.42 Å². The van der Waals surface area contributed by atoms with Crippen molar-refractivity contribution in [2.45, 2.75) is 25.4 Å². The summed E-state index contributed by atoms with van der Waals surface area (Å²) in [6, 6.07) is 1.64. The normalized spacial score (nSPS) is 21.9. The molecule has 1 atom stereocenters. The predicted octanol–water partition coefficient (Wildman–Crippen LogP) is -0.0813. The molecule has 1 fully saturated rings. The van der Waals surface area contributed by atoms with Crippen LogP contribution >= 0.6 is 0 Å². The van der Waals surface area contributed by atoms with Crippen LogP contribution in [0, 0.1) is 0 Å². The first kappa shape index (κ1) is 13.1. The van der Waals surface area contributed by atoms with Gasteiger partial charge in [0, 0.05) is 38.4 Å². The van der Waals surface area contributed by atoms with Crippen molar-refractivity contribution in [2.75, 3.05) is 18.6 Å². The van der Waals surface area contributed by atoms with Gasteiger partial charge in [-0.15, -0.1) is 0 Å². The minimum Gasteiger partial charge on any atom is -0.342 e. The van der Waals surface area contributed by atoms with Crippen molar-refractivity contribution >= 4 is 15.7 Å². The summed E-state index contributed by atoms with van der Waals surface area (Å²) in [7, 11) is -1.27. The summed E-state index contributed by atoms with van der Waals surface area (Å²) in [4.78, 5) is 13.5. The summed E-state index contributed by atoms with van der Waals surface area (Å²) in [5.41, 5.74) is 0. The topological polar surface area (TPSA) is 72.3 Å². The number of sulfone groups is 1. The van der Waals surface area contributed by atoms with Crippen molar-refractivity contribution in [3.8, 4) is 0 Å². The number of nitrogens with zero attached hydrogens (tertiary/aromatic N) is 3. The molecule has 100 valence electrons. The largest absolute Gasteiger partial charge is 0.342 e. The fourth-order valence-corrected chi connectivity index (χ4v) is 3.88. The molecule has 0 unspecified atom stereocenters. The van der Waals surface area contributed by atoms with Crippen LogP contribution in [-0.2, 0) is 21.2 Å². The first-order valence-corrected chi connectivity index (χ1v) is 7.73. The van der Waals surface area contributed by atoms with Crippen LogP contribution in [-0.4, -0.2) is 53.6 Å². The van der Waals surface area contributed by atoms with E-state index in [-0.39, 0.29) is 23.5 Å². The summed E-state index contributed by atoms with van der Waals surface area (Å²) < 4.78 is 24.4. The van der Waals surface area contributed by atoms with Crippen LogP contribution in [0.2, 0.25) is 0 Å². The van der Waals surface area contributed by atoms with Crippen molar-refractivity contribution < 1.29 is 13.2 Å². The molecule has 0 bridgehead atoms. The standard InChI is InChI=1S/C11H17N3O3S/c1-13(10-4-8-18(16,17)9-10)11(15)3-7-14-6-2-5-12-14/h2,5-6,10H,3-4,7-9H2,1H3/t10-/m0/s1. The molecule has 6 nitrogen and oxygen atoms in total. The Bertz CT molecular complexity index is 510. The van der Waals surface area contributed by atoms with Crippen molar-refractivity contribution in [1.29, 1.82) is 0 Å². The number of carbonyl (C=O) groups is 1. The predicted molar refractivity (Wildman–Crippen MR) is 66.7 cm³/mol. The monoisotopic (exact) mass is 271 g/mol. The highest BCUT2D eigenvalue weighted by Crippen LogP contribution is 2.17. The number of amides is 1. The lowest BCUT2D eigenvalue weighted by Gasteiger charge is -2.23. The molecule has 1 aliphatic heterocycles. The maximum Gasteiger partial charge on any atom is 0.224 e. The first-order valence-electron chi connectivity index (χ1n) is 5.91. The Morgan fingerprint density at radius 1 is 1.56 bits per heavy atom. The molecule has 2 rings (SSSR count). The molecule has 0 aromatic carbocycles. The van der Waals surface area contributed by atoms with Crippen LogP contribution in [0.5, 0.6) is 0 Å². The lowest BCUT2D eigenvalue weighted by atomic mass is 10.2. The minimum absolute atomic E-state index is 0.0346.